The Morgan fingerprint density at radius 2 is 1.54 bits per heavy atom. The number of nitrogens with zero attached hydrogens (tertiary/aromatic N) is 1. The lowest BCUT2D eigenvalue weighted by Crippen LogP contribution is -2.38. The first-order valence-corrected chi connectivity index (χ1v) is 11.2. The minimum absolute atomic E-state index is 0.0814. The van der Waals surface area contributed by atoms with E-state index in [-0.39, 0.29) is 6.23 Å². The number of nitrogens with one attached hydrogen (secondary N) is 1. The number of anilines is 1. The van der Waals surface area contributed by atoms with E-state index in [0.717, 1.165) is 39.5 Å². The van der Waals surface area contributed by atoms with Crippen molar-refractivity contribution in [2.75, 3.05) is 5.32 Å². The molecule has 4 heteroatoms. The van der Waals surface area contributed by atoms with Crippen LogP contribution in [0.25, 0.3) is 10.8 Å². The molecule has 4 aliphatic rings. The maximum absolute atomic E-state index is 6.45. The first-order valence-electron chi connectivity index (χ1n) is 11.2. The molecular formula is C24H28N2O2. The molecule has 2 aromatic carbocycles. The highest BCUT2D eigenvalue weighted by Gasteiger charge is 2.32. The molecule has 0 amide bonds. The number of hydrogen-bond acceptors (Lipinski definition) is 4. The lowest BCUT2D eigenvalue weighted by atomic mass is 9.87. The van der Waals surface area contributed by atoms with Crippen LogP contribution in [0, 0.1) is 11.8 Å². The predicted molar refractivity (Wildman–Crippen MR) is 113 cm³/mol. The van der Waals surface area contributed by atoms with Crippen molar-refractivity contribution in [2.45, 2.75) is 70.4 Å². The van der Waals surface area contributed by atoms with Crippen molar-refractivity contribution in [1.82, 2.24) is 0 Å². The quantitative estimate of drug-likeness (QED) is 0.646. The van der Waals surface area contributed by atoms with Gasteiger partial charge in [-0.3, -0.25) is 0 Å². The van der Waals surface area contributed by atoms with Crippen LogP contribution in [0.5, 0.6) is 11.5 Å². The highest BCUT2D eigenvalue weighted by molar-refractivity contribution is 6.11. The van der Waals surface area contributed by atoms with Crippen LogP contribution in [0.3, 0.4) is 0 Å². The summed E-state index contributed by atoms with van der Waals surface area (Å²) in [6.45, 7) is 0. The molecule has 2 saturated carbocycles. The van der Waals surface area contributed by atoms with Crippen LogP contribution in [0.4, 0.5) is 11.4 Å². The zero-order chi connectivity index (χ0) is 18.5. The van der Waals surface area contributed by atoms with Gasteiger partial charge in [0, 0.05) is 17.5 Å². The monoisotopic (exact) mass is 376 g/mol. The first kappa shape index (κ1) is 16.7. The molecule has 0 spiro atoms. The van der Waals surface area contributed by atoms with Gasteiger partial charge in [0.25, 0.3) is 0 Å². The van der Waals surface area contributed by atoms with E-state index in [1.807, 2.05) is 0 Å². The highest BCUT2D eigenvalue weighted by atomic mass is 16.5. The Balaban J connectivity index is 1.38. The van der Waals surface area contributed by atoms with Gasteiger partial charge in [-0.05, 0) is 49.9 Å². The Bertz CT molecular complexity index is 927. The SMILES string of the molecule is c1cc2c3c(ccc4c3c1N=C(C1CCCCC1)O4)NC(C1CCCCC1)O2. The number of aliphatic imine (C=N–C) groups is 1. The van der Waals surface area contributed by atoms with Crippen molar-refractivity contribution >= 4 is 28.0 Å². The fourth-order valence-corrected chi connectivity index (χ4v) is 5.56. The fraction of sp³-hybridized carbons (Fsp3) is 0.542. The maximum Gasteiger partial charge on any atom is 0.198 e. The molecule has 1 unspecified atom stereocenters. The van der Waals surface area contributed by atoms with Gasteiger partial charge in [0.05, 0.1) is 16.5 Å². The number of rotatable bonds is 2. The lowest BCUT2D eigenvalue weighted by molar-refractivity contribution is 0.129. The van der Waals surface area contributed by atoms with Crippen molar-refractivity contribution < 1.29 is 9.47 Å². The van der Waals surface area contributed by atoms with Gasteiger partial charge in [0.1, 0.15) is 11.5 Å². The maximum atomic E-state index is 6.45. The lowest BCUT2D eigenvalue weighted by Gasteiger charge is -2.36. The summed E-state index contributed by atoms with van der Waals surface area (Å²) in [5, 5.41) is 5.92. The van der Waals surface area contributed by atoms with Gasteiger partial charge in [0.15, 0.2) is 12.1 Å². The van der Waals surface area contributed by atoms with Crippen LogP contribution in [0.2, 0.25) is 0 Å². The molecule has 0 aromatic heterocycles. The van der Waals surface area contributed by atoms with Gasteiger partial charge in [-0.2, -0.15) is 0 Å². The average molecular weight is 377 g/mol. The standard InChI is InChI=1S/C24H28N2O2/c1-3-7-15(8-4-1)23-25-17-11-14-20-22-18(12-13-19(27-23)21(17)22)26-24(28-20)16-9-5-2-6-10-16/h11-16,23,25H,1-10H2. The Morgan fingerprint density at radius 1 is 0.786 bits per heavy atom. The molecule has 0 bridgehead atoms. The van der Waals surface area contributed by atoms with E-state index in [9.17, 15) is 0 Å². The molecule has 28 heavy (non-hydrogen) atoms. The van der Waals surface area contributed by atoms with Crippen molar-refractivity contribution in [1.29, 1.82) is 0 Å². The Morgan fingerprint density at radius 3 is 2.36 bits per heavy atom. The molecule has 6 rings (SSSR count). The second-order valence-corrected chi connectivity index (χ2v) is 8.91. The molecule has 2 aliphatic heterocycles. The first-order chi connectivity index (χ1) is 13.9. The summed E-state index contributed by atoms with van der Waals surface area (Å²) in [5.74, 6) is 3.89. The molecule has 146 valence electrons. The van der Waals surface area contributed by atoms with Gasteiger partial charge in [-0.1, -0.05) is 38.5 Å². The molecule has 4 nitrogen and oxygen atoms in total. The van der Waals surface area contributed by atoms with E-state index in [4.69, 9.17) is 14.5 Å². The zero-order valence-electron chi connectivity index (χ0n) is 16.4. The zero-order valence-corrected chi connectivity index (χ0v) is 16.4. The number of benzene rings is 2. The summed E-state index contributed by atoms with van der Waals surface area (Å²) in [7, 11) is 0. The Kier molecular flexibility index (Phi) is 3.98. The van der Waals surface area contributed by atoms with Gasteiger partial charge in [0.2, 0.25) is 0 Å². The summed E-state index contributed by atoms with van der Waals surface area (Å²) < 4.78 is 12.8. The predicted octanol–water partition coefficient (Wildman–Crippen LogP) is 6.55. The van der Waals surface area contributed by atoms with Crippen molar-refractivity contribution in [3.05, 3.63) is 24.3 Å². The molecule has 1 atom stereocenters. The third-order valence-electron chi connectivity index (χ3n) is 7.09. The molecule has 0 radical (unpaired) electrons. The van der Waals surface area contributed by atoms with Crippen LogP contribution >= 0.6 is 0 Å². The van der Waals surface area contributed by atoms with Crippen LogP contribution in [0.1, 0.15) is 64.2 Å². The van der Waals surface area contributed by atoms with E-state index in [1.165, 1.54) is 64.2 Å². The van der Waals surface area contributed by atoms with E-state index in [0.29, 0.717) is 11.8 Å². The summed E-state index contributed by atoms with van der Waals surface area (Å²) in [6, 6.07) is 8.54. The van der Waals surface area contributed by atoms with Crippen LogP contribution in [-0.4, -0.2) is 12.1 Å². The molecule has 0 saturated heterocycles. The van der Waals surface area contributed by atoms with E-state index in [2.05, 4.69) is 29.6 Å². The molecule has 2 aromatic rings. The van der Waals surface area contributed by atoms with Crippen LogP contribution < -0.4 is 14.8 Å². The van der Waals surface area contributed by atoms with Gasteiger partial charge >= 0.3 is 0 Å². The minimum atomic E-state index is 0.0814. The molecule has 2 aliphatic carbocycles. The summed E-state index contributed by atoms with van der Waals surface area (Å²) in [4.78, 5) is 4.95. The van der Waals surface area contributed by atoms with E-state index in [1.54, 1.807) is 0 Å². The minimum Gasteiger partial charge on any atom is -0.470 e. The molecule has 2 heterocycles. The van der Waals surface area contributed by atoms with Crippen LogP contribution in [-0.2, 0) is 0 Å². The van der Waals surface area contributed by atoms with Gasteiger partial charge in [-0.25, -0.2) is 4.99 Å². The van der Waals surface area contributed by atoms with Crippen LogP contribution in [0.15, 0.2) is 29.3 Å². The van der Waals surface area contributed by atoms with Gasteiger partial charge < -0.3 is 14.8 Å². The Hall–Kier alpha value is -2.23. The van der Waals surface area contributed by atoms with E-state index < -0.39 is 0 Å². The fourth-order valence-electron chi connectivity index (χ4n) is 5.56. The summed E-state index contributed by atoms with van der Waals surface area (Å²) >= 11 is 0. The topological polar surface area (TPSA) is 42.8 Å². The largest absolute Gasteiger partial charge is 0.470 e. The summed E-state index contributed by atoms with van der Waals surface area (Å²) in [6.07, 6.45) is 12.9. The third kappa shape index (κ3) is 2.68. The van der Waals surface area contributed by atoms with E-state index >= 15 is 0 Å². The third-order valence-corrected chi connectivity index (χ3v) is 7.09. The normalized spacial score (nSPS) is 24.9. The average Bonchev–Trinajstić information content (AvgIpc) is 2.78. The molecular weight excluding hydrogens is 348 g/mol. The van der Waals surface area contributed by atoms with Gasteiger partial charge in [-0.15, -0.1) is 0 Å². The molecule has 2 fully saturated rings. The number of hydrogen-bond donors (Lipinski definition) is 1. The summed E-state index contributed by atoms with van der Waals surface area (Å²) in [5.41, 5.74) is 2.20. The van der Waals surface area contributed by atoms with Crippen molar-refractivity contribution in [2.24, 2.45) is 16.8 Å². The highest BCUT2D eigenvalue weighted by Crippen LogP contribution is 2.49. The second kappa shape index (κ2) is 6.68. The van der Waals surface area contributed by atoms with Crippen molar-refractivity contribution in [3.8, 4) is 11.5 Å². The Labute approximate surface area is 166 Å². The molecule has 1 N–H and O–H groups in total. The smallest absolute Gasteiger partial charge is 0.198 e. The second-order valence-electron chi connectivity index (χ2n) is 8.91. The number of ether oxygens (including phenoxy) is 2. The van der Waals surface area contributed by atoms with Crippen molar-refractivity contribution in [3.63, 3.8) is 0 Å².